The van der Waals surface area contributed by atoms with Crippen molar-refractivity contribution in [2.75, 3.05) is 30.9 Å². The number of benzene rings is 1. The van der Waals surface area contributed by atoms with Crippen LogP contribution in [0.5, 0.6) is 5.75 Å². The second kappa shape index (κ2) is 11.0. The molecule has 1 saturated heterocycles. The van der Waals surface area contributed by atoms with Gasteiger partial charge < -0.3 is 25.2 Å². The molecule has 188 valence electrons. The molecule has 0 amide bonds. The highest BCUT2D eigenvalue weighted by Gasteiger charge is 2.32. The molecule has 3 rings (SSSR count). The maximum atomic E-state index is 12.7. The van der Waals surface area contributed by atoms with Gasteiger partial charge >= 0.3 is 0 Å². The first-order valence-electron chi connectivity index (χ1n) is 11.1. The predicted molar refractivity (Wildman–Crippen MR) is 131 cm³/mol. The van der Waals surface area contributed by atoms with Crippen LogP contribution < -0.4 is 26.2 Å². The molecule has 4 N–H and O–H groups in total. The number of hydrogen-bond acceptors (Lipinski definition) is 9. The fourth-order valence-electron chi connectivity index (χ4n) is 3.95. The monoisotopic (exact) mass is 515 g/mol. The highest BCUT2D eigenvalue weighted by Crippen LogP contribution is 2.38. The minimum absolute atomic E-state index is 0.0523. The largest absolute Gasteiger partial charge is 0.504 e. The van der Waals surface area contributed by atoms with Crippen molar-refractivity contribution in [3.8, 4) is 5.75 Å². The van der Waals surface area contributed by atoms with Crippen LogP contribution >= 0.6 is 11.6 Å². The van der Waals surface area contributed by atoms with E-state index < -0.39 is 31.5 Å². The van der Waals surface area contributed by atoms with Crippen LogP contribution in [-0.4, -0.2) is 52.0 Å². The normalized spacial score (nSPS) is 19.4. The number of phenols is 1. The van der Waals surface area contributed by atoms with Crippen LogP contribution in [0.25, 0.3) is 0 Å². The van der Waals surface area contributed by atoms with E-state index in [0.717, 1.165) is 12.8 Å². The minimum Gasteiger partial charge on any atom is -0.504 e. The number of rotatable bonds is 12. The summed E-state index contributed by atoms with van der Waals surface area (Å²) in [5, 5.41) is 16.3. The molecule has 0 aromatic heterocycles. The van der Waals surface area contributed by atoms with Crippen LogP contribution in [0.15, 0.2) is 26.6 Å². The first-order chi connectivity index (χ1) is 16.1. The zero-order valence-corrected chi connectivity index (χ0v) is 20.9. The number of sulfonamides is 1. The Hall–Kier alpha value is -2.18. The maximum absolute atomic E-state index is 12.7. The van der Waals surface area contributed by atoms with Gasteiger partial charge in [-0.15, -0.1) is 0 Å². The fourth-order valence-corrected chi connectivity index (χ4v) is 5.66. The number of methoxy groups -OCH3 is 1. The van der Waals surface area contributed by atoms with Crippen LogP contribution in [0.3, 0.4) is 0 Å². The van der Waals surface area contributed by atoms with E-state index in [1.807, 2.05) is 13.8 Å². The van der Waals surface area contributed by atoms with Gasteiger partial charge in [-0.1, -0.05) is 18.5 Å². The molecule has 10 nitrogen and oxygen atoms in total. The van der Waals surface area contributed by atoms with Crippen molar-refractivity contribution >= 4 is 38.7 Å². The molecule has 1 heterocycles. The predicted octanol–water partition coefficient (Wildman–Crippen LogP) is 2.46. The molecule has 0 aliphatic carbocycles. The molecular formula is C22H30ClN3O7S. The second-order valence-electron chi connectivity index (χ2n) is 8.27. The summed E-state index contributed by atoms with van der Waals surface area (Å²) in [5.74, 6) is -0.661. The highest BCUT2D eigenvalue weighted by atomic mass is 35.5. The Balaban J connectivity index is 1.84. The van der Waals surface area contributed by atoms with Gasteiger partial charge in [-0.3, -0.25) is 9.59 Å². The third-order valence-electron chi connectivity index (χ3n) is 5.82. The molecule has 0 spiro atoms. The number of anilines is 3. The van der Waals surface area contributed by atoms with E-state index >= 15 is 0 Å². The average Bonchev–Trinajstić information content (AvgIpc) is 3.23. The summed E-state index contributed by atoms with van der Waals surface area (Å²) in [7, 11) is -2.65. The van der Waals surface area contributed by atoms with E-state index in [4.69, 9.17) is 21.1 Å². The highest BCUT2D eigenvalue weighted by molar-refractivity contribution is 7.89. The lowest BCUT2D eigenvalue weighted by atomic mass is 10.0. The summed E-state index contributed by atoms with van der Waals surface area (Å²) >= 11 is 6.07. The van der Waals surface area contributed by atoms with Crippen molar-refractivity contribution in [3.05, 3.63) is 37.6 Å². The van der Waals surface area contributed by atoms with Gasteiger partial charge in [0, 0.05) is 20.3 Å². The van der Waals surface area contributed by atoms with Crippen LogP contribution in [-0.2, 0) is 19.5 Å². The number of nitrogens with one attached hydrogen (secondary N) is 3. The van der Waals surface area contributed by atoms with E-state index in [1.54, 1.807) is 0 Å². The van der Waals surface area contributed by atoms with Crippen molar-refractivity contribution in [3.63, 3.8) is 0 Å². The zero-order chi connectivity index (χ0) is 25.0. The molecule has 0 bridgehead atoms. The Labute approximate surface area is 203 Å². The van der Waals surface area contributed by atoms with Gasteiger partial charge in [-0.05, 0) is 44.7 Å². The molecule has 12 heteroatoms. The molecule has 2 aromatic carbocycles. The van der Waals surface area contributed by atoms with Crippen molar-refractivity contribution in [2.45, 2.75) is 62.7 Å². The molecule has 34 heavy (non-hydrogen) atoms. The summed E-state index contributed by atoms with van der Waals surface area (Å²) in [4.78, 5) is 24.0. The lowest BCUT2D eigenvalue weighted by Gasteiger charge is -2.26. The van der Waals surface area contributed by atoms with Crippen molar-refractivity contribution in [1.82, 2.24) is 4.72 Å². The van der Waals surface area contributed by atoms with Gasteiger partial charge in [0.05, 0.1) is 29.0 Å². The molecule has 3 atom stereocenters. The molecule has 0 saturated carbocycles. The van der Waals surface area contributed by atoms with Gasteiger partial charge in [-0.25, -0.2) is 13.1 Å². The minimum atomic E-state index is -4.15. The standard InChI is InChI=1S/C22H30ClN3O7S/c1-4-14(16-9-6-12(2)33-16)25-17-18(21(29)20(17)28)26-15-8-7-13(23)22(19(15)27)34(30,31)24-10-5-11-32-3/h7-8,12,14,16,24-27H,4-6,9-11H2,1-3H3/t12-,14-,16-/m1/s1. The number of phenolic OH excluding ortho intramolecular Hbond substituents is 1. The quantitative estimate of drug-likeness (QED) is 0.190. The Morgan fingerprint density at radius 2 is 1.94 bits per heavy atom. The molecule has 2 aromatic rings. The van der Waals surface area contributed by atoms with E-state index in [0.29, 0.717) is 19.4 Å². The Bertz CT molecular complexity index is 1190. The lowest BCUT2D eigenvalue weighted by molar-refractivity contribution is 0.0438. The second-order valence-corrected chi connectivity index (χ2v) is 10.4. The van der Waals surface area contributed by atoms with E-state index in [9.17, 15) is 23.1 Å². The van der Waals surface area contributed by atoms with E-state index in [1.165, 1.54) is 19.2 Å². The van der Waals surface area contributed by atoms with Gasteiger partial charge in [0.1, 0.15) is 16.3 Å². The Morgan fingerprint density at radius 3 is 2.56 bits per heavy atom. The van der Waals surface area contributed by atoms with Crippen LogP contribution in [0.2, 0.25) is 5.02 Å². The molecule has 1 aliphatic rings. The third kappa shape index (κ3) is 5.55. The Kier molecular flexibility index (Phi) is 8.58. The number of halogens is 1. The van der Waals surface area contributed by atoms with Gasteiger partial charge in [0.25, 0.3) is 10.9 Å². The smallest absolute Gasteiger partial charge is 0.253 e. The summed E-state index contributed by atoms with van der Waals surface area (Å²) < 4.78 is 38.6. The van der Waals surface area contributed by atoms with Crippen molar-refractivity contribution < 1.29 is 23.0 Å². The van der Waals surface area contributed by atoms with Gasteiger partial charge in [0.2, 0.25) is 10.0 Å². The van der Waals surface area contributed by atoms with Crippen LogP contribution in [0.1, 0.15) is 39.5 Å². The molecule has 1 fully saturated rings. The lowest BCUT2D eigenvalue weighted by Crippen LogP contribution is -2.42. The van der Waals surface area contributed by atoms with E-state index in [2.05, 4.69) is 15.4 Å². The van der Waals surface area contributed by atoms with Gasteiger partial charge in [0.15, 0.2) is 5.75 Å². The van der Waals surface area contributed by atoms with Crippen molar-refractivity contribution in [2.24, 2.45) is 0 Å². The summed E-state index contributed by atoms with van der Waals surface area (Å²) in [5.41, 5.74) is -1.50. The van der Waals surface area contributed by atoms with Gasteiger partial charge in [-0.2, -0.15) is 0 Å². The molecular weight excluding hydrogens is 486 g/mol. The maximum Gasteiger partial charge on any atom is 0.253 e. The third-order valence-corrected chi connectivity index (χ3v) is 7.78. The Morgan fingerprint density at radius 1 is 1.24 bits per heavy atom. The van der Waals surface area contributed by atoms with Crippen molar-refractivity contribution in [1.29, 1.82) is 0 Å². The first kappa shape index (κ1) is 26.4. The first-order valence-corrected chi connectivity index (χ1v) is 13.0. The number of hydrogen-bond donors (Lipinski definition) is 4. The summed E-state index contributed by atoms with van der Waals surface area (Å²) in [6, 6.07) is 2.44. The van der Waals surface area contributed by atoms with Crippen LogP contribution in [0.4, 0.5) is 17.1 Å². The average molecular weight is 516 g/mol. The molecule has 0 unspecified atom stereocenters. The number of aromatic hydroxyl groups is 1. The summed E-state index contributed by atoms with van der Waals surface area (Å²) in [6.07, 6.45) is 2.87. The summed E-state index contributed by atoms with van der Waals surface area (Å²) in [6.45, 7) is 4.37. The fraction of sp³-hybridized carbons (Fsp3) is 0.545. The van der Waals surface area contributed by atoms with Crippen LogP contribution in [0, 0.1) is 0 Å². The molecule has 0 radical (unpaired) electrons. The molecule has 1 aliphatic heterocycles. The SMILES string of the molecule is CC[C@@H](Nc1c(Nc2ccc(Cl)c(S(=O)(=O)NCCCOC)c2O)c(=O)c1=O)[C@H]1CC[C@@H](C)O1. The topological polar surface area (TPSA) is 143 Å². The number of ether oxygens (including phenoxy) is 2. The van der Waals surface area contributed by atoms with E-state index in [-0.39, 0.29) is 46.9 Å². The zero-order valence-electron chi connectivity index (χ0n) is 19.3.